The fourth-order valence-electron chi connectivity index (χ4n) is 2.46. The van der Waals surface area contributed by atoms with E-state index in [9.17, 15) is 0 Å². The van der Waals surface area contributed by atoms with Gasteiger partial charge in [-0.1, -0.05) is 19.9 Å². The van der Waals surface area contributed by atoms with Gasteiger partial charge in [0.2, 0.25) is 0 Å². The van der Waals surface area contributed by atoms with Crippen molar-refractivity contribution in [1.82, 2.24) is 10.2 Å². The largest absolute Gasteiger partial charge is 0.311 e. The van der Waals surface area contributed by atoms with E-state index < -0.39 is 0 Å². The maximum atomic E-state index is 3.84. The molecule has 0 spiro atoms. The highest BCUT2D eigenvalue weighted by Gasteiger charge is 2.30. The molecule has 2 nitrogen and oxygen atoms in total. The van der Waals surface area contributed by atoms with E-state index >= 15 is 0 Å². The summed E-state index contributed by atoms with van der Waals surface area (Å²) in [6.07, 6.45) is 3.13. The van der Waals surface area contributed by atoms with Gasteiger partial charge < -0.3 is 5.32 Å². The molecule has 88 valence electrons. The van der Waals surface area contributed by atoms with E-state index in [1.165, 1.54) is 0 Å². The van der Waals surface area contributed by atoms with Crippen LogP contribution in [0, 0.1) is 5.92 Å². The number of hydrogen-bond acceptors (Lipinski definition) is 2. The van der Waals surface area contributed by atoms with Gasteiger partial charge in [-0.2, -0.15) is 0 Å². The number of rotatable bonds is 4. The molecule has 2 heteroatoms. The second-order valence-electron chi connectivity index (χ2n) is 5.19. The van der Waals surface area contributed by atoms with Crippen LogP contribution in [0.2, 0.25) is 0 Å². The minimum absolute atomic E-state index is 0.618. The van der Waals surface area contributed by atoms with E-state index in [1.54, 1.807) is 0 Å². The fraction of sp³-hybridized carbons (Fsp3) is 0.846. The predicted octanol–water partition coefficient (Wildman–Crippen LogP) is 2.27. The Kier molecular flexibility index (Phi) is 4.81. The number of nitrogens with one attached hydrogen (secondary N) is 1. The molecule has 1 saturated heterocycles. The summed E-state index contributed by atoms with van der Waals surface area (Å²) >= 11 is 0. The minimum atomic E-state index is 0.618. The maximum Gasteiger partial charge on any atom is 0.0247 e. The van der Waals surface area contributed by atoms with E-state index in [4.69, 9.17) is 0 Å². The van der Waals surface area contributed by atoms with E-state index in [2.05, 4.69) is 44.5 Å². The lowest BCUT2D eigenvalue weighted by Gasteiger charge is -2.44. The van der Waals surface area contributed by atoms with Gasteiger partial charge in [0.05, 0.1) is 0 Å². The molecule has 0 aromatic rings. The van der Waals surface area contributed by atoms with Crippen molar-refractivity contribution in [2.45, 2.75) is 52.2 Å². The van der Waals surface area contributed by atoms with Gasteiger partial charge in [-0.15, -0.1) is 6.58 Å². The number of hydrogen-bond donors (Lipinski definition) is 1. The molecular formula is C13H26N2. The lowest BCUT2D eigenvalue weighted by atomic mass is 9.96. The summed E-state index contributed by atoms with van der Waals surface area (Å²) in [5.41, 5.74) is 0. The molecule has 3 atom stereocenters. The van der Waals surface area contributed by atoms with Crippen molar-refractivity contribution in [1.29, 1.82) is 0 Å². The molecule has 0 aliphatic carbocycles. The average molecular weight is 210 g/mol. The summed E-state index contributed by atoms with van der Waals surface area (Å²) < 4.78 is 0. The van der Waals surface area contributed by atoms with Gasteiger partial charge in [-0.3, -0.25) is 4.90 Å². The smallest absolute Gasteiger partial charge is 0.0247 e. The Morgan fingerprint density at radius 3 is 2.67 bits per heavy atom. The Morgan fingerprint density at radius 1 is 1.47 bits per heavy atom. The van der Waals surface area contributed by atoms with Crippen LogP contribution in [0.4, 0.5) is 0 Å². The van der Waals surface area contributed by atoms with Crippen LogP contribution in [0.25, 0.3) is 0 Å². The summed E-state index contributed by atoms with van der Waals surface area (Å²) in [7, 11) is 0. The highest BCUT2D eigenvalue weighted by atomic mass is 15.3. The van der Waals surface area contributed by atoms with Gasteiger partial charge >= 0.3 is 0 Å². The zero-order valence-electron chi connectivity index (χ0n) is 10.7. The van der Waals surface area contributed by atoms with E-state index in [0.29, 0.717) is 18.1 Å². The van der Waals surface area contributed by atoms with Gasteiger partial charge in [-0.25, -0.2) is 0 Å². The van der Waals surface area contributed by atoms with Crippen LogP contribution in [0.15, 0.2) is 12.7 Å². The zero-order valence-corrected chi connectivity index (χ0v) is 10.7. The summed E-state index contributed by atoms with van der Waals surface area (Å²) in [6.45, 7) is 15.3. The van der Waals surface area contributed by atoms with Crippen molar-refractivity contribution >= 4 is 0 Å². The lowest BCUT2D eigenvalue weighted by molar-refractivity contribution is 0.0671. The maximum absolute atomic E-state index is 3.84. The van der Waals surface area contributed by atoms with Crippen molar-refractivity contribution in [3.05, 3.63) is 12.7 Å². The van der Waals surface area contributed by atoms with E-state index in [0.717, 1.165) is 25.4 Å². The Hall–Kier alpha value is -0.340. The highest BCUT2D eigenvalue weighted by Crippen LogP contribution is 2.19. The molecule has 3 unspecified atom stereocenters. The van der Waals surface area contributed by atoms with Gasteiger partial charge in [0.1, 0.15) is 0 Å². The first-order valence-corrected chi connectivity index (χ1v) is 6.16. The first-order chi connectivity index (χ1) is 7.06. The Morgan fingerprint density at radius 2 is 2.13 bits per heavy atom. The molecule has 0 saturated carbocycles. The van der Waals surface area contributed by atoms with Crippen LogP contribution in [0.1, 0.15) is 34.1 Å². The molecule has 1 rings (SSSR count). The normalized spacial score (nSPS) is 30.5. The first-order valence-electron chi connectivity index (χ1n) is 6.16. The van der Waals surface area contributed by atoms with Crippen molar-refractivity contribution < 1.29 is 0 Å². The van der Waals surface area contributed by atoms with Crippen molar-refractivity contribution in [2.75, 3.05) is 13.1 Å². The van der Waals surface area contributed by atoms with Gasteiger partial charge in [-0.05, 0) is 26.2 Å². The molecule has 1 aliphatic heterocycles. The van der Waals surface area contributed by atoms with Gasteiger partial charge in [0.25, 0.3) is 0 Å². The first kappa shape index (κ1) is 12.7. The molecule has 1 aliphatic rings. The number of piperazine rings is 1. The standard InChI is InChI=1S/C13H26N2/c1-6-7-12(5)15-9-11(4)14-8-13(15)10(2)3/h6,10-14H,1,7-9H2,2-5H3. The highest BCUT2D eigenvalue weighted by molar-refractivity contribution is 4.90. The van der Waals surface area contributed by atoms with Crippen LogP contribution in [0.3, 0.4) is 0 Å². The third-order valence-electron chi connectivity index (χ3n) is 3.43. The molecule has 0 bridgehead atoms. The van der Waals surface area contributed by atoms with Crippen LogP contribution in [-0.4, -0.2) is 36.1 Å². The van der Waals surface area contributed by atoms with Crippen molar-refractivity contribution in [3.63, 3.8) is 0 Å². The monoisotopic (exact) mass is 210 g/mol. The molecule has 1 fully saturated rings. The van der Waals surface area contributed by atoms with Gasteiger partial charge in [0.15, 0.2) is 0 Å². The predicted molar refractivity (Wildman–Crippen MR) is 67.1 cm³/mol. The van der Waals surface area contributed by atoms with Crippen LogP contribution in [-0.2, 0) is 0 Å². The van der Waals surface area contributed by atoms with Crippen molar-refractivity contribution in [2.24, 2.45) is 5.92 Å². The molecule has 0 amide bonds. The van der Waals surface area contributed by atoms with Gasteiger partial charge in [0, 0.05) is 31.2 Å². The average Bonchev–Trinajstić information content (AvgIpc) is 2.17. The fourth-order valence-corrected chi connectivity index (χ4v) is 2.46. The third-order valence-corrected chi connectivity index (χ3v) is 3.43. The topological polar surface area (TPSA) is 15.3 Å². The van der Waals surface area contributed by atoms with Crippen LogP contribution < -0.4 is 5.32 Å². The minimum Gasteiger partial charge on any atom is -0.311 e. The van der Waals surface area contributed by atoms with E-state index in [-0.39, 0.29) is 0 Å². The summed E-state index contributed by atoms with van der Waals surface area (Å²) in [5, 5.41) is 3.57. The Balaban J connectivity index is 2.64. The van der Waals surface area contributed by atoms with E-state index in [1.807, 2.05) is 6.08 Å². The quantitative estimate of drug-likeness (QED) is 0.716. The summed E-state index contributed by atoms with van der Waals surface area (Å²) in [6, 6.07) is 1.92. The second kappa shape index (κ2) is 5.66. The third kappa shape index (κ3) is 3.32. The molecule has 0 aromatic carbocycles. The SMILES string of the molecule is C=CCC(C)N1CC(C)NCC1C(C)C. The van der Waals surface area contributed by atoms with Crippen molar-refractivity contribution in [3.8, 4) is 0 Å². The number of nitrogens with zero attached hydrogens (tertiary/aromatic N) is 1. The zero-order chi connectivity index (χ0) is 11.4. The molecule has 15 heavy (non-hydrogen) atoms. The summed E-state index contributed by atoms with van der Waals surface area (Å²) in [5.74, 6) is 0.720. The molecule has 1 heterocycles. The lowest BCUT2D eigenvalue weighted by Crippen LogP contribution is -2.59. The molecule has 0 radical (unpaired) electrons. The molecule has 1 N–H and O–H groups in total. The second-order valence-corrected chi connectivity index (χ2v) is 5.19. The Labute approximate surface area is 94.7 Å². The molecule has 0 aromatic heterocycles. The van der Waals surface area contributed by atoms with Crippen LogP contribution >= 0.6 is 0 Å². The summed E-state index contributed by atoms with van der Waals surface area (Å²) in [4.78, 5) is 2.65. The van der Waals surface area contributed by atoms with Crippen LogP contribution in [0.5, 0.6) is 0 Å². The molecular weight excluding hydrogens is 184 g/mol. The Bertz CT molecular complexity index is 201.